The molecule has 20 heavy (non-hydrogen) atoms. The Morgan fingerprint density at radius 2 is 2.15 bits per heavy atom. The maximum Gasteiger partial charge on any atom is 0.246 e. The number of carbonyl (C=O) groups is 2. The number of rotatable bonds is 5. The Kier molecular flexibility index (Phi) is 4.81. The molecule has 0 aromatic carbocycles. The van der Waals surface area contributed by atoms with Gasteiger partial charge in [0.2, 0.25) is 11.8 Å². The lowest BCUT2D eigenvalue weighted by atomic mass is 9.96. The van der Waals surface area contributed by atoms with Gasteiger partial charge in [-0.15, -0.1) is 0 Å². The highest BCUT2D eigenvalue weighted by Crippen LogP contribution is 2.22. The Morgan fingerprint density at radius 3 is 2.70 bits per heavy atom. The molecule has 1 aromatic heterocycles. The predicted molar refractivity (Wildman–Crippen MR) is 80.3 cm³/mol. The average molecular weight is 294 g/mol. The molecule has 0 bridgehead atoms. The quantitative estimate of drug-likeness (QED) is 0.906. The minimum Gasteiger partial charge on any atom is -0.342 e. The highest BCUT2D eigenvalue weighted by molar-refractivity contribution is 7.07. The topological polar surface area (TPSA) is 49.4 Å². The molecule has 1 fully saturated rings. The molecule has 2 unspecified atom stereocenters. The van der Waals surface area contributed by atoms with Gasteiger partial charge in [-0.1, -0.05) is 27.2 Å². The monoisotopic (exact) mass is 294 g/mol. The molecule has 0 saturated carbocycles. The van der Waals surface area contributed by atoms with Crippen LogP contribution in [-0.2, 0) is 16.1 Å². The van der Waals surface area contributed by atoms with E-state index in [1.807, 2.05) is 37.6 Å². The number of thiophene rings is 1. The second-order valence-corrected chi connectivity index (χ2v) is 6.41. The van der Waals surface area contributed by atoms with Gasteiger partial charge in [0.25, 0.3) is 0 Å². The smallest absolute Gasteiger partial charge is 0.246 e. The highest BCUT2D eigenvalue weighted by atomic mass is 32.1. The molecule has 1 saturated heterocycles. The Balaban J connectivity index is 2.23. The van der Waals surface area contributed by atoms with Crippen molar-refractivity contribution in [3.63, 3.8) is 0 Å². The number of piperazine rings is 1. The first-order valence-corrected chi connectivity index (χ1v) is 8.10. The summed E-state index contributed by atoms with van der Waals surface area (Å²) >= 11 is 1.61. The molecule has 110 valence electrons. The fourth-order valence-corrected chi connectivity index (χ4v) is 3.22. The van der Waals surface area contributed by atoms with Crippen molar-refractivity contribution in [1.29, 1.82) is 0 Å². The number of hydrogen-bond acceptors (Lipinski definition) is 3. The van der Waals surface area contributed by atoms with Gasteiger partial charge in [0, 0.05) is 6.54 Å². The van der Waals surface area contributed by atoms with Gasteiger partial charge in [0.05, 0.1) is 0 Å². The van der Waals surface area contributed by atoms with Crippen molar-refractivity contribution in [2.24, 2.45) is 5.92 Å². The van der Waals surface area contributed by atoms with Gasteiger partial charge in [-0.3, -0.25) is 9.59 Å². The van der Waals surface area contributed by atoms with Gasteiger partial charge in [0.15, 0.2) is 0 Å². The van der Waals surface area contributed by atoms with Crippen LogP contribution in [0.4, 0.5) is 0 Å². The van der Waals surface area contributed by atoms with Crippen molar-refractivity contribution in [3.05, 3.63) is 22.4 Å². The number of amides is 2. The molecule has 1 aromatic rings. The van der Waals surface area contributed by atoms with Crippen LogP contribution in [0.2, 0.25) is 0 Å². The van der Waals surface area contributed by atoms with Crippen LogP contribution in [0.3, 0.4) is 0 Å². The first kappa shape index (κ1) is 15.0. The van der Waals surface area contributed by atoms with Crippen LogP contribution >= 0.6 is 11.3 Å². The van der Waals surface area contributed by atoms with Crippen molar-refractivity contribution in [3.8, 4) is 0 Å². The molecule has 0 spiro atoms. The molecule has 4 nitrogen and oxygen atoms in total. The number of carbonyl (C=O) groups excluding carboxylic acids is 2. The Hall–Kier alpha value is -1.36. The lowest BCUT2D eigenvalue weighted by Crippen LogP contribution is -2.64. The molecule has 2 amide bonds. The molecule has 2 heterocycles. The van der Waals surface area contributed by atoms with Gasteiger partial charge in [-0.05, 0) is 34.7 Å². The predicted octanol–water partition coefficient (Wildman–Crippen LogP) is 2.40. The summed E-state index contributed by atoms with van der Waals surface area (Å²) in [7, 11) is 0. The molecule has 0 aliphatic carbocycles. The van der Waals surface area contributed by atoms with Gasteiger partial charge < -0.3 is 10.2 Å². The van der Waals surface area contributed by atoms with Crippen LogP contribution in [0.5, 0.6) is 0 Å². The summed E-state index contributed by atoms with van der Waals surface area (Å²) in [5, 5.41) is 6.92. The van der Waals surface area contributed by atoms with Crippen molar-refractivity contribution < 1.29 is 9.59 Å². The fraction of sp³-hybridized carbons (Fsp3) is 0.600. The van der Waals surface area contributed by atoms with E-state index in [1.165, 1.54) is 0 Å². The average Bonchev–Trinajstić information content (AvgIpc) is 2.90. The van der Waals surface area contributed by atoms with E-state index in [0.717, 1.165) is 12.0 Å². The lowest BCUT2D eigenvalue weighted by molar-refractivity contribution is -0.151. The largest absolute Gasteiger partial charge is 0.342 e. The van der Waals surface area contributed by atoms with Crippen molar-refractivity contribution in [1.82, 2.24) is 10.2 Å². The van der Waals surface area contributed by atoms with Crippen molar-refractivity contribution >= 4 is 23.2 Å². The van der Waals surface area contributed by atoms with E-state index < -0.39 is 6.04 Å². The SMILES string of the molecule is CCCC1C(=O)NC(C(C)C)C(=O)N1Cc1ccsc1. The Labute approximate surface area is 124 Å². The van der Waals surface area contributed by atoms with Gasteiger partial charge in [-0.2, -0.15) is 11.3 Å². The third-order valence-electron chi connectivity index (χ3n) is 3.69. The van der Waals surface area contributed by atoms with Crippen LogP contribution in [0.1, 0.15) is 39.2 Å². The number of hydrogen-bond donors (Lipinski definition) is 1. The molecule has 2 rings (SSSR count). The van der Waals surface area contributed by atoms with Crippen LogP contribution in [0.25, 0.3) is 0 Å². The molecule has 5 heteroatoms. The lowest BCUT2D eigenvalue weighted by Gasteiger charge is -2.40. The number of nitrogens with one attached hydrogen (secondary N) is 1. The summed E-state index contributed by atoms with van der Waals surface area (Å²) in [6, 6.07) is 1.29. The maximum absolute atomic E-state index is 12.6. The van der Waals surface area contributed by atoms with Crippen LogP contribution in [0, 0.1) is 5.92 Å². The zero-order chi connectivity index (χ0) is 14.7. The molecule has 1 aliphatic heterocycles. The van der Waals surface area contributed by atoms with Crippen LogP contribution < -0.4 is 5.32 Å². The van der Waals surface area contributed by atoms with Crippen LogP contribution in [0.15, 0.2) is 16.8 Å². The van der Waals surface area contributed by atoms with E-state index in [4.69, 9.17) is 0 Å². The maximum atomic E-state index is 12.6. The van der Waals surface area contributed by atoms with E-state index in [1.54, 1.807) is 16.2 Å². The summed E-state index contributed by atoms with van der Waals surface area (Å²) < 4.78 is 0. The summed E-state index contributed by atoms with van der Waals surface area (Å²) in [6.45, 7) is 6.50. The second-order valence-electron chi connectivity index (χ2n) is 5.63. The summed E-state index contributed by atoms with van der Waals surface area (Å²) in [5.74, 6) is 0.142. The summed E-state index contributed by atoms with van der Waals surface area (Å²) in [4.78, 5) is 26.7. The molecule has 2 atom stereocenters. The molecule has 0 radical (unpaired) electrons. The summed E-state index contributed by atoms with van der Waals surface area (Å²) in [6.07, 6.45) is 1.60. The molecule has 1 aliphatic rings. The van der Waals surface area contributed by atoms with Gasteiger partial charge >= 0.3 is 0 Å². The van der Waals surface area contributed by atoms with Crippen molar-refractivity contribution in [2.45, 2.75) is 52.2 Å². The molecular weight excluding hydrogens is 272 g/mol. The van der Waals surface area contributed by atoms with E-state index in [-0.39, 0.29) is 23.8 Å². The Morgan fingerprint density at radius 1 is 1.40 bits per heavy atom. The van der Waals surface area contributed by atoms with E-state index in [2.05, 4.69) is 5.32 Å². The normalized spacial score (nSPS) is 23.3. The minimum absolute atomic E-state index is 0.0135. The highest BCUT2D eigenvalue weighted by Gasteiger charge is 2.40. The zero-order valence-corrected chi connectivity index (χ0v) is 13.1. The van der Waals surface area contributed by atoms with E-state index in [0.29, 0.717) is 13.0 Å². The zero-order valence-electron chi connectivity index (χ0n) is 12.3. The standard InChI is InChI=1S/C15H22N2O2S/c1-4-5-12-14(18)16-13(10(2)3)15(19)17(12)8-11-6-7-20-9-11/h6-7,9-10,12-13H,4-5,8H2,1-3H3,(H,16,18). The van der Waals surface area contributed by atoms with E-state index >= 15 is 0 Å². The van der Waals surface area contributed by atoms with Crippen molar-refractivity contribution in [2.75, 3.05) is 0 Å². The summed E-state index contributed by atoms with van der Waals surface area (Å²) in [5.41, 5.74) is 1.10. The first-order chi connectivity index (χ1) is 9.54. The molecule has 1 N–H and O–H groups in total. The van der Waals surface area contributed by atoms with E-state index in [9.17, 15) is 9.59 Å². The third kappa shape index (κ3) is 3.03. The number of nitrogens with zero attached hydrogens (tertiary/aromatic N) is 1. The minimum atomic E-state index is -0.394. The van der Waals surface area contributed by atoms with Gasteiger partial charge in [-0.25, -0.2) is 0 Å². The van der Waals surface area contributed by atoms with Gasteiger partial charge in [0.1, 0.15) is 12.1 Å². The third-order valence-corrected chi connectivity index (χ3v) is 4.42. The first-order valence-electron chi connectivity index (χ1n) is 7.16. The Bertz CT molecular complexity index is 470. The van der Waals surface area contributed by atoms with Crippen LogP contribution in [-0.4, -0.2) is 28.8 Å². The molecular formula is C15H22N2O2S. The second kappa shape index (κ2) is 6.39. The fourth-order valence-electron chi connectivity index (χ4n) is 2.56.